The lowest BCUT2D eigenvalue weighted by Gasteiger charge is -2.20. The third-order valence-electron chi connectivity index (χ3n) is 5.31. The molecule has 1 N–H and O–H groups in total. The molecule has 0 spiro atoms. The SMILES string of the molecule is Cc1ccc(C)c(NC(=O)Cc2nc(COC(=O)[C@@H](C)Oc3ccc(C(C)(C)C)cc3)cs2)c1. The lowest BCUT2D eigenvalue weighted by atomic mass is 9.87. The summed E-state index contributed by atoms with van der Waals surface area (Å²) in [7, 11) is 0. The van der Waals surface area contributed by atoms with Gasteiger partial charge in [-0.1, -0.05) is 45.0 Å². The van der Waals surface area contributed by atoms with Gasteiger partial charge >= 0.3 is 5.97 Å². The van der Waals surface area contributed by atoms with E-state index in [-0.39, 0.29) is 24.3 Å². The quantitative estimate of drug-likeness (QED) is 0.416. The molecule has 1 amide bonds. The Morgan fingerprint density at radius 1 is 1.09 bits per heavy atom. The fourth-order valence-electron chi connectivity index (χ4n) is 3.25. The van der Waals surface area contributed by atoms with E-state index in [9.17, 15) is 9.59 Å². The maximum absolute atomic E-state index is 12.4. The number of hydrogen-bond donors (Lipinski definition) is 1. The highest BCUT2D eigenvalue weighted by atomic mass is 32.1. The van der Waals surface area contributed by atoms with Gasteiger partial charge in [-0.05, 0) is 61.1 Å². The minimum atomic E-state index is -0.748. The molecule has 7 heteroatoms. The molecule has 1 heterocycles. The minimum absolute atomic E-state index is 0.0323. The van der Waals surface area contributed by atoms with Crippen molar-refractivity contribution in [1.82, 2.24) is 4.98 Å². The fourth-order valence-corrected chi connectivity index (χ4v) is 4.02. The third-order valence-corrected chi connectivity index (χ3v) is 6.20. The number of amides is 1. The van der Waals surface area contributed by atoms with Crippen LogP contribution in [-0.4, -0.2) is 23.0 Å². The van der Waals surface area contributed by atoms with Crippen molar-refractivity contribution in [3.05, 3.63) is 75.2 Å². The second-order valence-electron chi connectivity index (χ2n) is 9.42. The van der Waals surface area contributed by atoms with Gasteiger partial charge in [-0.2, -0.15) is 0 Å². The average Bonchev–Trinajstić information content (AvgIpc) is 3.21. The number of esters is 1. The summed E-state index contributed by atoms with van der Waals surface area (Å²) < 4.78 is 11.1. The van der Waals surface area contributed by atoms with Gasteiger partial charge in [0, 0.05) is 11.1 Å². The normalized spacial score (nSPS) is 12.2. The molecule has 180 valence electrons. The van der Waals surface area contributed by atoms with Gasteiger partial charge in [-0.25, -0.2) is 9.78 Å². The number of aryl methyl sites for hydroxylation is 2. The Balaban J connectivity index is 1.47. The largest absolute Gasteiger partial charge is 0.479 e. The number of thiazole rings is 1. The van der Waals surface area contributed by atoms with Crippen molar-refractivity contribution < 1.29 is 19.1 Å². The number of carbonyl (C=O) groups excluding carboxylic acids is 2. The summed E-state index contributed by atoms with van der Waals surface area (Å²) in [5.74, 6) is 0.0106. The Morgan fingerprint density at radius 2 is 1.79 bits per heavy atom. The molecule has 2 aromatic carbocycles. The van der Waals surface area contributed by atoms with Crippen molar-refractivity contribution >= 4 is 28.9 Å². The molecular formula is C27H32N2O4S. The Morgan fingerprint density at radius 3 is 2.47 bits per heavy atom. The van der Waals surface area contributed by atoms with Gasteiger partial charge in [-0.15, -0.1) is 11.3 Å². The van der Waals surface area contributed by atoms with Crippen LogP contribution in [-0.2, 0) is 32.8 Å². The lowest BCUT2D eigenvalue weighted by Crippen LogP contribution is -2.26. The van der Waals surface area contributed by atoms with Crippen molar-refractivity contribution in [3.63, 3.8) is 0 Å². The van der Waals surface area contributed by atoms with Crippen LogP contribution in [0.25, 0.3) is 0 Å². The van der Waals surface area contributed by atoms with Crippen LogP contribution < -0.4 is 10.1 Å². The molecule has 0 aliphatic carbocycles. The lowest BCUT2D eigenvalue weighted by molar-refractivity contribution is -0.152. The first kappa shape index (κ1) is 25.4. The molecule has 0 fully saturated rings. The smallest absolute Gasteiger partial charge is 0.347 e. The van der Waals surface area contributed by atoms with E-state index in [4.69, 9.17) is 9.47 Å². The highest BCUT2D eigenvalue weighted by Gasteiger charge is 2.19. The van der Waals surface area contributed by atoms with Crippen LogP contribution in [0, 0.1) is 13.8 Å². The summed E-state index contributed by atoms with van der Waals surface area (Å²) in [4.78, 5) is 29.2. The summed E-state index contributed by atoms with van der Waals surface area (Å²) in [5.41, 5.74) is 4.74. The van der Waals surface area contributed by atoms with Gasteiger partial charge in [0.05, 0.1) is 12.1 Å². The molecule has 3 rings (SSSR count). The van der Waals surface area contributed by atoms with Gasteiger partial charge in [-0.3, -0.25) is 4.79 Å². The first-order chi connectivity index (χ1) is 16.0. The zero-order valence-electron chi connectivity index (χ0n) is 20.6. The first-order valence-corrected chi connectivity index (χ1v) is 12.1. The molecular weight excluding hydrogens is 448 g/mol. The summed E-state index contributed by atoms with van der Waals surface area (Å²) >= 11 is 1.37. The van der Waals surface area contributed by atoms with Crippen molar-refractivity contribution in [2.45, 2.75) is 66.1 Å². The summed E-state index contributed by atoms with van der Waals surface area (Å²) in [6, 6.07) is 13.7. The van der Waals surface area contributed by atoms with Gasteiger partial charge < -0.3 is 14.8 Å². The Kier molecular flexibility index (Phi) is 8.10. The number of hydrogen-bond acceptors (Lipinski definition) is 6. The monoisotopic (exact) mass is 480 g/mol. The molecule has 1 aromatic heterocycles. The second kappa shape index (κ2) is 10.8. The fraction of sp³-hybridized carbons (Fsp3) is 0.370. The molecule has 0 unspecified atom stereocenters. The molecule has 0 bridgehead atoms. The van der Waals surface area contributed by atoms with Crippen LogP contribution in [0.5, 0.6) is 5.75 Å². The highest BCUT2D eigenvalue weighted by molar-refractivity contribution is 7.09. The predicted octanol–water partition coefficient (Wildman–Crippen LogP) is 5.75. The number of aromatic nitrogens is 1. The standard InChI is InChI=1S/C27H32N2O4S/c1-17-7-8-18(2)23(13-17)29-24(30)14-25-28-21(16-34-25)15-32-26(31)19(3)33-22-11-9-20(10-12-22)27(4,5)6/h7-13,16,19H,14-15H2,1-6H3,(H,29,30)/t19-/m1/s1. The van der Waals surface area contributed by atoms with E-state index in [1.165, 1.54) is 16.9 Å². The summed E-state index contributed by atoms with van der Waals surface area (Å²) in [6.45, 7) is 12.1. The van der Waals surface area contributed by atoms with E-state index in [2.05, 4.69) is 31.1 Å². The molecule has 0 radical (unpaired) electrons. The zero-order valence-corrected chi connectivity index (χ0v) is 21.4. The molecule has 0 saturated heterocycles. The van der Waals surface area contributed by atoms with Crippen LogP contribution in [0.15, 0.2) is 47.8 Å². The molecule has 0 saturated carbocycles. The van der Waals surface area contributed by atoms with Gasteiger partial charge in [0.2, 0.25) is 5.91 Å². The number of ether oxygens (including phenoxy) is 2. The zero-order chi connectivity index (χ0) is 24.9. The minimum Gasteiger partial charge on any atom is -0.479 e. The number of nitrogens with one attached hydrogen (secondary N) is 1. The van der Waals surface area contributed by atoms with Gasteiger partial charge in [0.15, 0.2) is 6.10 Å². The van der Waals surface area contributed by atoms with Crippen LogP contribution in [0.2, 0.25) is 0 Å². The van der Waals surface area contributed by atoms with E-state index >= 15 is 0 Å². The summed E-state index contributed by atoms with van der Waals surface area (Å²) in [5, 5.41) is 5.39. The summed E-state index contributed by atoms with van der Waals surface area (Å²) in [6.07, 6.45) is -0.585. The maximum atomic E-state index is 12.4. The second-order valence-corrected chi connectivity index (χ2v) is 10.4. The topological polar surface area (TPSA) is 77.5 Å². The highest BCUT2D eigenvalue weighted by Crippen LogP contribution is 2.25. The number of nitrogens with zero attached hydrogens (tertiary/aromatic N) is 1. The van der Waals surface area contributed by atoms with E-state index in [0.717, 1.165) is 16.8 Å². The van der Waals surface area contributed by atoms with Crippen LogP contribution in [0.1, 0.15) is 55.1 Å². The Bertz CT molecular complexity index is 1150. The third kappa shape index (κ3) is 7.15. The number of anilines is 1. The molecule has 3 aromatic rings. The van der Waals surface area contributed by atoms with Crippen molar-refractivity contribution in [2.24, 2.45) is 0 Å². The molecule has 1 atom stereocenters. The number of carbonyl (C=O) groups is 2. The van der Waals surface area contributed by atoms with Crippen molar-refractivity contribution in [3.8, 4) is 5.75 Å². The number of benzene rings is 2. The van der Waals surface area contributed by atoms with Gasteiger partial charge in [0.1, 0.15) is 17.4 Å². The van der Waals surface area contributed by atoms with E-state index in [1.54, 1.807) is 12.3 Å². The molecule has 34 heavy (non-hydrogen) atoms. The Hall–Kier alpha value is -3.19. The molecule has 6 nitrogen and oxygen atoms in total. The Labute approximate surface area is 205 Å². The first-order valence-electron chi connectivity index (χ1n) is 11.3. The maximum Gasteiger partial charge on any atom is 0.347 e. The van der Waals surface area contributed by atoms with Crippen LogP contribution in [0.4, 0.5) is 5.69 Å². The van der Waals surface area contributed by atoms with Gasteiger partial charge in [0.25, 0.3) is 0 Å². The number of rotatable bonds is 8. The van der Waals surface area contributed by atoms with Crippen LogP contribution >= 0.6 is 11.3 Å². The van der Waals surface area contributed by atoms with Crippen molar-refractivity contribution in [1.29, 1.82) is 0 Å². The van der Waals surface area contributed by atoms with E-state index in [1.807, 2.05) is 56.3 Å². The predicted molar refractivity (Wildman–Crippen MR) is 135 cm³/mol. The van der Waals surface area contributed by atoms with E-state index in [0.29, 0.717) is 16.5 Å². The van der Waals surface area contributed by atoms with E-state index < -0.39 is 12.1 Å². The van der Waals surface area contributed by atoms with Crippen LogP contribution in [0.3, 0.4) is 0 Å². The molecule has 0 aliphatic rings. The van der Waals surface area contributed by atoms with Crippen molar-refractivity contribution in [2.75, 3.05) is 5.32 Å². The molecule has 0 aliphatic heterocycles. The average molecular weight is 481 g/mol.